The first-order valence-electron chi connectivity index (χ1n) is 6.40. The number of rotatable bonds is 2. The Balaban J connectivity index is 2.21. The van der Waals surface area contributed by atoms with Gasteiger partial charge in [0.2, 0.25) is 0 Å². The minimum Gasteiger partial charge on any atom is -0.334 e. The maximum absolute atomic E-state index is 13.5. The van der Waals surface area contributed by atoms with E-state index in [1.165, 1.54) is 6.07 Å². The largest absolute Gasteiger partial charge is 0.334 e. The van der Waals surface area contributed by atoms with E-state index in [1.54, 1.807) is 24.0 Å². The number of carbonyl (C=O) groups excluding carboxylic acids is 1. The average molecular weight is 250 g/mol. The number of hydrogen-bond acceptors (Lipinski definition) is 2. The van der Waals surface area contributed by atoms with Gasteiger partial charge in [-0.25, -0.2) is 4.39 Å². The van der Waals surface area contributed by atoms with Gasteiger partial charge in [-0.05, 0) is 43.9 Å². The number of piperidine rings is 1. The molecule has 2 rings (SSSR count). The van der Waals surface area contributed by atoms with E-state index in [0.717, 1.165) is 25.8 Å². The van der Waals surface area contributed by atoms with Crippen LogP contribution < -0.4 is 5.73 Å². The lowest BCUT2D eigenvalue weighted by atomic mass is 10.0. The maximum atomic E-state index is 13.5. The Morgan fingerprint density at radius 3 is 2.94 bits per heavy atom. The molecule has 0 saturated carbocycles. The standard InChI is InChI=1S/C14H19FN2O/c1-10-5-6-11(8-13(10)15)14(18)17-7-3-2-4-12(17)9-16/h5-6,8,12H,2-4,7,9,16H2,1H3. The van der Waals surface area contributed by atoms with Gasteiger partial charge >= 0.3 is 0 Å². The van der Waals surface area contributed by atoms with Crippen LogP contribution in [0.1, 0.15) is 35.2 Å². The van der Waals surface area contributed by atoms with Gasteiger partial charge in [-0.1, -0.05) is 6.07 Å². The first-order valence-corrected chi connectivity index (χ1v) is 6.40. The van der Waals surface area contributed by atoms with E-state index in [4.69, 9.17) is 5.73 Å². The SMILES string of the molecule is Cc1ccc(C(=O)N2CCCCC2CN)cc1F. The Hall–Kier alpha value is -1.42. The van der Waals surface area contributed by atoms with Gasteiger partial charge in [-0.3, -0.25) is 4.79 Å². The van der Waals surface area contributed by atoms with Gasteiger partial charge in [-0.2, -0.15) is 0 Å². The van der Waals surface area contributed by atoms with E-state index in [0.29, 0.717) is 17.7 Å². The molecule has 0 aromatic heterocycles. The molecule has 0 bridgehead atoms. The lowest BCUT2D eigenvalue weighted by Gasteiger charge is -2.35. The monoisotopic (exact) mass is 250 g/mol. The van der Waals surface area contributed by atoms with Crippen molar-refractivity contribution in [3.05, 3.63) is 35.1 Å². The second-order valence-corrected chi connectivity index (χ2v) is 4.85. The summed E-state index contributed by atoms with van der Waals surface area (Å²) >= 11 is 0. The van der Waals surface area contributed by atoms with E-state index < -0.39 is 0 Å². The molecule has 1 fully saturated rings. The molecule has 1 unspecified atom stereocenters. The Labute approximate surface area is 107 Å². The Kier molecular flexibility index (Phi) is 3.97. The molecule has 4 heteroatoms. The van der Waals surface area contributed by atoms with Crippen molar-refractivity contribution in [2.75, 3.05) is 13.1 Å². The van der Waals surface area contributed by atoms with Crippen LogP contribution in [0.2, 0.25) is 0 Å². The molecule has 18 heavy (non-hydrogen) atoms. The summed E-state index contributed by atoms with van der Waals surface area (Å²) in [4.78, 5) is 14.1. The van der Waals surface area contributed by atoms with Crippen molar-refractivity contribution in [2.45, 2.75) is 32.2 Å². The highest BCUT2D eigenvalue weighted by atomic mass is 19.1. The van der Waals surface area contributed by atoms with Crippen molar-refractivity contribution < 1.29 is 9.18 Å². The molecule has 1 aromatic rings. The number of nitrogens with zero attached hydrogens (tertiary/aromatic N) is 1. The molecule has 1 saturated heterocycles. The maximum Gasteiger partial charge on any atom is 0.254 e. The molecule has 0 aliphatic carbocycles. The third-order valence-electron chi connectivity index (χ3n) is 3.58. The van der Waals surface area contributed by atoms with Crippen molar-refractivity contribution in [1.29, 1.82) is 0 Å². The highest BCUT2D eigenvalue weighted by molar-refractivity contribution is 5.94. The van der Waals surface area contributed by atoms with Crippen LogP contribution in [-0.2, 0) is 0 Å². The number of hydrogen-bond donors (Lipinski definition) is 1. The molecule has 1 amide bonds. The summed E-state index contributed by atoms with van der Waals surface area (Å²) in [5, 5.41) is 0. The van der Waals surface area contributed by atoms with Crippen LogP contribution in [0.3, 0.4) is 0 Å². The van der Waals surface area contributed by atoms with Crippen molar-refractivity contribution in [3.8, 4) is 0 Å². The van der Waals surface area contributed by atoms with Crippen LogP contribution in [0, 0.1) is 12.7 Å². The molecule has 3 nitrogen and oxygen atoms in total. The molecular formula is C14H19FN2O. The number of aryl methyl sites for hydroxylation is 1. The van der Waals surface area contributed by atoms with E-state index in [1.807, 2.05) is 0 Å². The molecule has 1 aliphatic rings. The molecule has 1 atom stereocenters. The Bertz CT molecular complexity index is 447. The zero-order valence-electron chi connectivity index (χ0n) is 10.7. The fourth-order valence-electron chi connectivity index (χ4n) is 2.40. The molecule has 0 radical (unpaired) electrons. The molecular weight excluding hydrogens is 231 g/mol. The van der Waals surface area contributed by atoms with Crippen LogP contribution >= 0.6 is 0 Å². The predicted molar refractivity (Wildman–Crippen MR) is 68.9 cm³/mol. The number of amides is 1. The molecule has 2 N–H and O–H groups in total. The zero-order valence-corrected chi connectivity index (χ0v) is 10.7. The second kappa shape index (κ2) is 5.48. The predicted octanol–water partition coefficient (Wildman–Crippen LogP) is 2.09. The Morgan fingerprint density at radius 2 is 2.28 bits per heavy atom. The third-order valence-corrected chi connectivity index (χ3v) is 3.58. The fourth-order valence-corrected chi connectivity index (χ4v) is 2.40. The minimum absolute atomic E-state index is 0.0932. The van der Waals surface area contributed by atoms with Gasteiger partial charge in [0.1, 0.15) is 5.82 Å². The minimum atomic E-state index is -0.331. The Morgan fingerprint density at radius 1 is 1.50 bits per heavy atom. The van der Waals surface area contributed by atoms with Crippen molar-refractivity contribution in [1.82, 2.24) is 4.90 Å². The normalized spacial score (nSPS) is 19.9. The van der Waals surface area contributed by atoms with Crippen LogP contribution in [0.15, 0.2) is 18.2 Å². The van der Waals surface area contributed by atoms with Crippen LogP contribution in [0.4, 0.5) is 4.39 Å². The summed E-state index contributed by atoms with van der Waals surface area (Å²) in [5.41, 5.74) is 6.67. The number of nitrogens with two attached hydrogens (primary N) is 1. The van der Waals surface area contributed by atoms with E-state index in [9.17, 15) is 9.18 Å². The van der Waals surface area contributed by atoms with Gasteiger partial charge in [0, 0.05) is 24.7 Å². The number of halogens is 1. The van der Waals surface area contributed by atoms with Gasteiger partial charge in [-0.15, -0.1) is 0 Å². The van der Waals surface area contributed by atoms with Crippen LogP contribution in [0.25, 0.3) is 0 Å². The smallest absolute Gasteiger partial charge is 0.254 e. The number of likely N-dealkylation sites (tertiary alicyclic amines) is 1. The fraction of sp³-hybridized carbons (Fsp3) is 0.500. The van der Waals surface area contributed by atoms with E-state index >= 15 is 0 Å². The van der Waals surface area contributed by atoms with Crippen LogP contribution in [0.5, 0.6) is 0 Å². The van der Waals surface area contributed by atoms with Gasteiger partial charge in [0.25, 0.3) is 5.91 Å². The lowest BCUT2D eigenvalue weighted by molar-refractivity contribution is 0.0623. The molecule has 1 aliphatic heterocycles. The summed E-state index contributed by atoms with van der Waals surface area (Å²) in [6, 6.07) is 4.74. The quantitative estimate of drug-likeness (QED) is 0.873. The summed E-state index contributed by atoms with van der Waals surface area (Å²) in [7, 11) is 0. The number of benzene rings is 1. The first kappa shape index (κ1) is 13.0. The molecule has 0 spiro atoms. The zero-order chi connectivity index (χ0) is 13.1. The van der Waals surface area contributed by atoms with E-state index in [-0.39, 0.29) is 17.8 Å². The summed E-state index contributed by atoms with van der Waals surface area (Å²) in [6.45, 7) is 2.88. The van der Waals surface area contributed by atoms with Gasteiger partial charge in [0.15, 0.2) is 0 Å². The number of carbonyl (C=O) groups is 1. The topological polar surface area (TPSA) is 46.3 Å². The van der Waals surface area contributed by atoms with Gasteiger partial charge < -0.3 is 10.6 Å². The third kappa shape index (κ3) is 2.53. The summed E-state index contributed by atoms with van der Waals surface area (Å²) in [6.07, 6.45) is 3.04. The highest BCUT2D eigenvalue weighted by Gasteiger charge is 2.26. The van der Waals surface area contributed by atoms with Gasteiger partial charge in [0.05, 0.1) is 0 Å². The average Bonchev–Trinajstić information content (AvgIpc) is 2.41. The van der Waals surface area contributed by atoms with Crippen LogP contribution in [-0.4, -0.2) is 29.9 Å². The van der Waals surface area contributed by atoms with Crippen molar-refractivity contribution in [3.63, 3.8) is 0 Å². The lowest BCUT2D eigenvalue weighted by Crippen LogP contribution is -2.47. The van der Waals surface area contributed by atoms with Crippen molar-refractivity contribution in [2.24, 2.45) is 5.73 Å². The summed E-state index contributed by atoms with van der Waals surface area (Å²) in [5.74, 6) is -0.439. The first-order chi connectivity index (χ1) is 8.63. The summed E-state index contributed by atoms with van der Waals surface area (Å²) < 4.78 is 13.5. The molecule has 1 heterocycles. The van der Waals surface area contributed by atoms with Crippen molar-refractivity contribution >= 4 is 5.91 Å². The highest BCUT2D eigenvalue weighted by Crippen LogP contribution is 2.20. The second-order valence-electron chi connectivity index (χ2n) is 4.85. The molecule has 98 valence electrons. The molecule has 1 aromatic carbocycles. The van der Waals surface area contributed by atoms with E-state index in [2.05, 4.69) is 0 Å².